The Hall–Kier alpha value is -1.26. The van der Waals surface area contributed by atoms with Gasteiger partial charge in [-0.15, -0.1) is 0 Å². The van der Waals surface area contributed by atoms with Gasteiger partial charge in [0.25, 0.3) is 0 Å². The molecule has 0 aliphatic carbocycles. The zero-order valence-electron chi connectivity index (χ0n) is 9.28. The van der Waals surface area contributed by atoms with Gasteiger partial charge in [-0.1, -0.05) is 22.0 Å². The van der Waals surface area contributed by atoms with Crippen LogP contribution < -0.4 is 4.74 Å². The van der Waals surface area contributed by atoms with Gasteiger partial charge in [-0.2, -0.15) is 0 Å². The van der Waals surface area contributed by atoms with Crippen molar-refractivity contribution in [2.75, 3.05) is 0 Å². The summed E-state index contributed by atoms with van der Waals surface area (Å²) in [5.41, 5.74) is 1.05. The molecule has 0 aliphatic heterocycles. The van der Waals surface area contributed by atoms with Crippen molar-refractivity contribution in [2.24, 2.45) is 0 Å². The van der Waals surface area contributed by atoms with Crippen LogP contribution in [0.15, 0.2) is 57.6 Å². The van der Waals surface area contributed by atoms with Crippen LogP contribution in [0.3, 0.4) is 0 Å². The quantitative estimate of drug-likeness (QED) is 0.637. The Balaban J connectivity index is 2.02. The van der Waals surface area contributed by atoms with Crippen LogP contribution in [0.25, 0.3) is 10.9 Å². The van der Waals surface area contributed by atoms with Crippen LogP contribution in [0.4, 0.5) is 0 Å². The van der Waals surface area contributed by atoms with Crippen LogP contribution in [0, 0.1) is 0 Å². The van der Waals surface area contributed by atoms with Crippen molar-refractivity contribution >= 4 is 42.8 Å². The molecule has 2 aromatic carbocycles. The summed E-state index contributed by atoms with van der Waals surface area (Å²) in [6.45, 7) is 0. The number of H-pyrrole nitrogens is 1. The third kappa shape index (κ3) is 2.18. The van der Waals surface area contributed by atoms with Crippen LogP contribution in [0.1, 0.15) is 0 Å². The minimum Gasteiger partial charge on any atom is -0.455 e. The Morgan fingerprint density at radius 2 is 1.72 bits per heavy atom. The van der Waals surface area contributed by atoms with Gasteiger partial charge in [0, 0.05) is 15.1 Å². The summed E-state index contributed by atoms with van der Waals surface area (Å²) >= 11 is 6.95. The minimum atomic E-state index is 0.815. The predicted molar refractivity (Wildman–Crippen MR) is 80.2 cm³/mol. The molecule has 90 valence electrons. The summed E-state index contributed by atoms with van der Waals surface area (Å²) in [5.74, 6) is 1.63. The number of rotatable bonds is 2. The Morgan fingerprint density at radius 3 is 2.50 bits per heavy atom. The monoisotopic (exact) mass is 365 g/mol. The Morgan fingerprint density at radius 1 is 0.944 bits per heavy atom. The molecule has 0 unspecified atom stereocenters. The van der Waals surface area contributed by atoms with Gasteiger partial charge in [0.2, 0.25) is 0 Å². The summed E-state index contributed by atoms with van der Waals surface area (Å²) in [6, 6.07) is 13.8. The first-order valence-electron chi connectivity index (χ1n) is 5.43. The molecule has 0 amide bonds. The molecule has 4 heteroatoms. The maximum absolute atomic E-state index is 5.89. The fraction of sp³-hybridized carbons (Fsp3) is 0. The predicted octanol–water partition coefficient (Wildman–Crippen LogP) is 5.49. The number of fused-ring (bicyclic) bond motifs is 1. The van der Waals surface area contributed by atoms with Crippen LogP contribution in [-0.4, -0.2) is 4.98 Å². The van der Waals surface area contributed by atoms with E-state index in [4.69, 9.17) is 4.74 Å². The lowest BCUT2D eigenvalue weighted by atomic mass is 10.2. The summed E-state index contributed by atoms with van der Waals surface area (Å²) in [4.78, 5) is 3.20. The van der Waals surface area contributed by atoms with Crippen molar-refractivity contribution in [1.82, 2.24) is 4.98 Å². The van der Waals surface area contributed by atoms with Crippen LogP contribution in [-0.2, 0) is 0 Å². The standard InChI is InChI=1S/C14H9Br2NO/c15-9-4-6-10(7-5-9)18-13-8-17-12-3-1-2-11(16)14(12)13/h1-8,17H. The normalized spacial score (nSPS) is 10.8. The number of aromatic nitrogens is 1. The molecule has 0 radical (unpaired) electrons. The second-order valence-electron chi connectivity index (χ2n) is 3.87. The summed E-state index contributed by atoms with van der Waals surface area (Å²) in [5, 5.41) is 1.06. The molecular weight excluding hydrogens is 358 g/mol. The van der Waals surface area contributed by atoms with E-state index in [-0.39, 0.29) is 0 Å². The highest BCUT2D eigenvalue weighted by Crippen LogP contribution is 2.35. The smallest absolute Gasteiger partial charge is 0.153 e. The molecule has 18 heavy (non-hydrogen) atoms. The van der Waals surface area contributed by atoms with Gasteiger partial charge in [-0.25, -0.2) is 0 Å². The van der Waals surface area contributed by atoms with Gasteiger partial charge in [0.15, 0.2) is 5.75 Å². The maximum atomic E-state index is 5.89. The van der Waals surface area contributed by atoms with E-state index < -0.39 is 0 Å². The summed E-state index contributed by atoms with van der Waals surface area (Å²) in [7, 11) is 0. The lowest BCUT2D eigenvalue weighted by molar-refractivity contribution is 0.488. The van der Waals surface area contributed by atoms with Crippen molar-refractivity contribution in [3.63, 3.8) is 0 Å². The lowest BCUT2D eigenvalue weighted by Crippen LogP contribution is -1.82. The second kappa shape index (κ2) is 4.78. The van der Waals surface area contributed by atoms with Gasteiger partial charge >= 0.3 is 0 Å². The molecule has 0 fully saturated rings. The maximum Gasteiger partial charge on any atom is 0.153 e. The molecule has 0 aliphatic rings. The number of ether oxygens (including phenoxy) is 1. The SMILES string of the molecule is Brc1ccc(Oc2c[nH]c3cccc(Br)c23)cc1. The highest BCUT2D eigenvalue weighted by molar-refractivity contribution is 9.11. The fourth-order valence-electron chi connectivity index (χ4n) is 1.82. The van der Waals surface area contributed by atoms with Gasteiger partial charge < -0.3 is 9.72 Å². The molecule has 0 spiro atoms. The van der Waals surface area contributed by atoms with E-state index in [1.54, 1.807) is 0 Å². The van der Waals surface area contributed by atoms with Crippen molar-refractivity contribution in [1.29, 1.82) is 0 Å². The number of hydrogen-bond donors (Lipinski definition) is 1. The van der Waals surface area contributed by atoms with Crippen molar-refractivity contribution in [2.45, 2.75) is 0 Å². The second-order valence-corrected chi connectivity index (χ2v) is 5.64. The molecule has 3 rings (SSSR count). The third-order valence-electron chi connectivity index (χ3n) is 2.66. The highest BCUT2D eigenvalue weighted by Gasteiger charge is 2.08. The minimum absolute atomic E-state index is 0.815. The number of hydrogen-bond acceptors (Lipinski definition) is 1. The first kappa shape index (κ1) is 11.8. The zero-order valence-corrected chi connectivity index (χ0v) is 12.5. The van der Waals surface area contributed by atoms with Crippen molar-refractivity contribution < 1.29 is 4.74 Å². The van der Waals surface area contributed by atoms with E-state index in [1.807, 2.05) is 48.7 Å². The molecule has 1 aromatic heterocycles. The first-order valence-corrected chi connectivity index (χ1v) is 7.01. The van der Waals surface area contributed by atoms with Gasteiger partial charge in [0.05, 0.1) is 10.9 Å². The van der Waals surface area contributed by atoms with E-state index in [0.717, 1.165) is 31.3 Å². The molecule has 1 N–H and O–H groups in total. The molecule has 0 saturated heterocycles. The fourth-order valence-corrected chi connectivity index (χ4v) is 2.65. The van der Waals surface area contributed by atoms with Crippen LogP contribution in [0.5, 0.6) is 11.5 Å². The molecule has 1 heterocycles. The lowest BCUT2D eigenvalue weighted by Gasteiger charge is -2.05. The van der Waals surface area contributed by atoms with E-state index in [2.05, 4.69) is 36.8 Å². The molecule has 0 bridgehead atoms. The first-order chi connectivity index (χ1) is 8.74. The van der Waals surface area contributed by atoms with Crippen LogP contribution >= 0.6 is 31.9 Å². The molecule has 0 saturated carbocycles. The topological polar surface area (TPSA) is 25.0 Å². The number of aromatic amines is 1. The largest absolute Gasteiger partial charge is 0.455 e. The van der Waals surface area contributed by atoms with E-state index in [1.165, 1.54) is 0 Å². The van der Waals surface area contributed by atoms with Gasteiger partial charge in [0.1, 0.15) is 5.75 Å². The van der Waals surface area contributed by atoms with E-state index in [0.29, 0.717) is 0 Å². The highest BCUT2D eigenvalue weighted by atomic mass is 79.9. The molecule has 0 atom stereocenters. The number of halogens is 2. The Labute approximate surface area is 121 Å². The average molecular weight is 367 g/mol. The number of nitrogens with one attached hydrogen (secondary N) is 1. The Bertz CT molecular complexity index is 689. The average Bonchev–Trinajstić information content (AvgIpc) is 2.77. The third-order valence-corrected chi connectivity index (χ3v) is 3.85. The van der Waals surface area contributed by atoms with Crippen molar-refractivity contribution in [3.8, 4) is 11.5 Å². The van der Waals surface area contributed by atoms with E-state index in [9.17, 15) is 0 Å². The zero-order chi connectivity index (χ0) is 12.5. The molecular formula is C14H9Br2NO. The number of benzene rings is 2. The van der Waals surface area contributed by atoms with Crippen molar-refractivity contribution in [3.05, 3.63) is 57.6 Å². The molecule has 3 aromatic rings. The van der Waals surface area contributed by atoms with E-state index >= 15 is 0 Å². The summed E-state index contributed by atoms with van der Waals surface area (Å²) < 4.78 is 7.94. The van der Waals surface area contributed by atoms with Crippen LogP contribution in [0.2, 0.25) is 0 Å². The summed E-state index contributed by atoms with van der Waals surface area (Å²) in [6.07, 6.45) is 1.87. The Kier molecular flexibility index (Phi) is 3.14. The van der Waals surface area contributed by atoms with Gasteiger partial charge in [-0.05, 0) is 52.3 Å². The van der Waals surface area contributed by atoms with Gasteiger partial charge in [-0.3, -0.25) is 0 Å². The molecule has 2 nitrogen and oxygen atoms in total.